The highest BCUT2D eigenvalue weighted by molar-refractivity contribution is 7.14. The lowest BCUT2D eigenvalue weighted by molar-refractivity contribution is -0.111. The number of hydrogen-bond donors (Lipinski definition) is 4. The molecule has 0 unspecified atom stereocenters. The monoisotopic (exact) mass is 712 g/mol. The first kappa shape index (κ1) is 31.5. The zero-order chi connectivity index (χ0) is 35.3. The summed E-state index contributed by atoms with van der Waals surface area (Å²) in [5.74, 6) is 0.259. The first-order valence-corrected chi connectivity index (χ1v) is 18.2. The van der Waals surface area contributed by atoms with Crippen LogP contribution in [-0.2, 0) is 9.59 Å². The van der Waals surface area contributed by atoms with Gasteiger partial charge in [0.2, 0.25) is 0 Å². The maximum Gasteiger partial charge on any atom is 0.178 e. The lowest BCUT2D eigenvalue weighted by Gasteiger charge is -2.12. The summed E-state index contributed by atoms with van der Waals surface area (Å²) in [6, 6.07) is 31.2. The van der Waals surface area contributed by atoms with E-state index in [1.807, 2.05) is 48.6 Å². The summed E-state index contributed by atoms with van der Waals surface area (Å²) in [7, 11) is 0. The topological polar surface area (TPSA) is 106 Å². The van der Waals surface area contributed by atoms with Gasteiger partial charge in [0, 0.05) is 63.9 Å². The number of aromatic hydroxyl groups is 2. The van der Waals surface area contributed by atoms with Crippen molar-refractivity contribution in [1.82, 2.24) is 9.97 Å². The van der Waals surface area contributed by atoms with E-state index in [4.69, 9.17) is 0 Å². The van der Waals surface area contributed by atoms with E-state index in [-0.39, 0.29) is 23.1 Å². The van der Waals surface area contributed by atoms with E-state index in [1.54, 1.807) is 71.2 Å². The van der Waals surface area contributed by atoms with Gasteiger partial charge in [0.25, 0.3) is 0 Å². The van der Waals surface area contributed by atoms with Gasteiger partial charge in [-0.1, -0.05) is 48.6 Å². The Kier molecular flexibility index (Phi) is 7.69. The summed E-state index contributed by atoms with van der Waals surface area (Å²) < 4.78 is 0. The molecule has 8 bridgehead atoms. The van der Waals surface area contributed by atoms with Crippen molar-refractivity contribution in [3.8, 4) is 11.5 Å². The van der Waals surface area contributed by atoms with Crippen LogP contribution in [0.3, 0.4) is 0 Å². The number of H-pyrrole nitrogens is 2. The number of aromatic amines is 2. The van der Waals surface area contributed by atoms with E-state index in [0.29, 0.717) is 0 Å². The number of phenols is 2. The molecule has 0 saturated heterocycles. The van der Waals surface area contributed by atoms with Crippen LogP contribution in [0.15, 0.2) is 157 Å². The van der Waals surface area contributed by atoms with Crippen LogP contribution >= 0.6 is 22.7 Å². The number of aromatic nitrogens is 2. The Labute approximate surface area is 306 Å². The van der Waals surface area contributed by atoms with Crippen LogP contribution in [0, 0.1) is 0 Å². The molecule has 2 aromatic carbocycles. The van der Waals surface area contributed by atoms with Crippen LogP contribution in [0.1, 0.15) is 42.0 Å². The van der Waals surface area contributed by atoms with Crippen molar-refractivity contribution < 1.29 is 19.8 Å². The fraction of sp³-hybridized carbons (Fsp3) is 0. The Balaban J connectivity index is 1.40. The summed E-state index contributed by atoms with van der Waals surface area (Å²) in [6.45, 7) is 0. The van der Waals surface area contributed by atoms with Gasteiger partial charge in [-0.2, -0.15) is 0 Å². The molecule has 4 N–H and O–H groups in total. The van der Waals surface area contributed by atoms with Gasteiger partial charge in [-0.3, -0.25) is 9.59 Å². The van der Waals surface area contributed by atoms with Gasteiger partial charge in [0.15, 0.2) is 11.6 Å². The second kappa shape index (κ2) is 12.7. The van der Waals surface area contributed by atoms with Gasteiger partial charge in [-0.15, -0.1) is 22.7 Å². The van der Waals surface area contributed by atoms with Gasteiger partial charge in [0.05, 0.1) is 0 Å². The molecule has 52 heavy (non-hydrogen) atoms. The van der Waals surface area contributed by atoms with Gasteiger partial charge in [-0.25, -0.2) is 0 Å². The Morgan fingerprint density at radius 2 is 0.750 bits per heavy atom. The highest BCUT2D eigenvalue weighted by Crippen LogP contribution is 2.41. The molecule has 3 aliphatic rings. The smallest absolute Gasteiger partial charge is 0.178 e. The van der Waals surface area contributed by atoms with Crippen molar-refractivity contribution in [2.45, 2.75) is 0 Å². The molecule has 9 rings (SSSR count). The average molecular weight is 713 g/mol. The highest BCUT2D eigenvalue weighted by Gasteiger charge is 2.22. The Bertz CT molecular complexity index is 2550. The maximum atomic E-state index is 12.2. The summed E-state index contributed by atoms with van der Waals surface area (Å²) >= 11 is 3.29. The molecule has 0 radical (unpaired) electrons. The first-order valence-electron chi connectivity index (χ1n) is 16.6. The van der Waals surface area contributed by atoms with Crippen LogP contribution in [0.25, 0.3) is 22.3 Å². The molecule has 5 heterocycles. The van der Waals surface area contributed by atoms with E-state index < -0.39 is 0 Å². The van der Waals surface area contributed by atoms with Crippen molar-refractivity contribution in [3.63, 3.8) is 0 Å². The quantitative estimate of drug-likeness (QED) is 0.148. The molecule has 2 aliphatic carbocycles. The Morgan fingerprint density at radius 3 is 1.13 bits per heavy atom. The second-order valence-corrected chi connectivity index (χ2v) is 14.7. The van der Waals surface area contributed by atoms with Crippen molar-refractivity contribution in [2.75, 3.05) is 0 Å². The number of phenolic OH excluding ortho intramolecular Hbond substituents is 2. The Morgan fingerprint density at radius 1 is 0.385 bits per heavy atom. The predicted octanol–water partition coefficient (Wildman–Crippen LogP) is 7.68. The Hall–Kier alpha value is -6.48. The van der Waals surface area contributed by atoms with Crippen molar-refractivity contribution in [2.24, 2.45) is 0 Å². The SMILES string of the molecule is O=C1C=CC(=C2c3ccc([nH]3)C(=C3C=CC(=O)C=C3)c3ccc(s3)/C(c3ccc(O)cc3)=c3/cc/c([nH]3)=C(\c3ccc(O)cc3)c3ccc2s3)C=C1. The fourth-order valence-corrected chi connectivity index (χ4v) is 9.15. The van der Waals surface area contributed by atoms with E-state index >= 15 is 0 Å². The molecular weight excluding hydrogens is 685 g/mol. The fourth-order valence-electron chi connectivity index (χ4n) is 6.81. The number of allylic oxidation sites excluding steroid dienone is 10. The standard InChI is InChI=1S/C44H28N2O4S2/c47-29-9-1-25(2-10-29)41-33-17-18-34(45-33)42(26-3-11-30(48)12-4-26)39-23-24-40(52-39)44(28-7-15-32(50)16-8-28)36-20-19-35(46-36)43(38-22-21-37(41)51-38)27-5-13-31(49)14-6-27/h1-24,45-48H/b41-33-,42-34-. The summed E-state index contributed by atoms with van der Waals surface area (Å²) in [6.07, 6.45) is 13.8. The minimum atomic E-state index is -0.0588. The minimum absolute atomic E-state index is 0.0588. The van der Waals surface area contributed by atoms with E-state index in [1.165, 1.54) is 0 Å². The first-order chi connectivity index (χ1) is 25.4. The number of ketones is 2. The van der Waals surface area contributed by atoms with E-state index in [2.05, 4.69) is 58.5 Å². The summed E-state index contributed by atoms with van der Waals surface area (Å²) in [5, 5.41) is 22.2. The molecule has 0 spiro atoms. The number of fused-ring (bicyclic) bond motifs is 8. The molecule has 1 aliphatic heterocycles. The van der Waals surface area contributed by atoms with Gasteiger partial charge in [-0.05, 0) is 119 Å². The zero-order valence-corrected chi connectivity index (χ0v) is 29.0. The number of carbonyl (C=O) groups excluding carboxylic acids is 2. The van der Waals surface area contributed by atoms with Crippen LogP contribution in [-0.4, -0.2) is 31.7 Å². The second-order valence-electron chi connectivity index (χ2n) is 12.5. The number of nitrogens with one attached hydrogen (secondary N) is 2. The van der Waals surface area contributed by atoms with Crippen molar-refractivity contribution >= 4 is 56.5 Å². The van der Waals surface area contributed by atoms with Gasteiger partial charge >= 0.3 is 0 Å². The normalized spacial score (nSPS) is 17.5. The molecule has 4 aromatic heterocycles. The lowest BCUT2D eigenvalue weighted by Crippen LogP contribution is -2.16. The maximum absolute atomic E-state index is 12.2. The van der Waals surface area contributed by atoms with Crippen molar-refractivity contribution in [3.05, 3.63) is 210 Å². The van der Waals surface area contributed by atoms with Gasteiger partial charge < -0.3 is 20.2 Å². The van der Waals surface area contributed by atoms with Crippen LogP contribution in [0.2, 0.25) is 0 Å². The third kappa shape index (κ3) is 5.70. The van der Waals surface area contributed by atoms with Gasteiger partial charge in [0.1, 0.15) is 11.5 Å². The summed E-state index contributed by atoms with van der Waals surface area (Å²) in [4.78, 5) is 35.9. The molecule has 0 amide bonds. The molecule has 6 aromatic rings. The number of rotatable bonds is 2. The largest absolute Gasteiger partial charge is 0.508 e. The third-order valence-corrected chi connectivity index (χ3v) is 11.5. The third-order valence-electron chi connectivity index (χ3n) is 9.24. The van der Waals surface area contributed by atoms with Crippen LogP contribution in [0.4, 0.5) is 0 Å². The predicted molar refractivity (Wildman–Crippen MR) is 208 cm³/mol. The number of thiophene rings is 2. The van der Waals surface area contributed by atoms with E-state index in [9.17, 15) is 19.8 Å². The number of carbonyl (C=O) groups is 2. The number of hydrogen-bond acceptors (Lipinski definition) is 6. The molecule has 250 valence electrons. The minimum Gasteiger partial charge on any atom is -0.508 e. The molecular formula is C44H28N2O4S2. The zero-order valence-electron chi connectivity index (χ0n) is 27.4. The molecule has 6 nitrogen and oxygen atoms in total. The summed E-state index contributed by atoms with van der Waals surface area (Å²) in [5.41, 5.74) is 9.31. The molecule has 0 saturated carbocycles. The average Bonchev–Trinajstić information content (AvgIpc) is 3.99. The number of benzene rings is 2. The molecule has 0 atom stereocenters. The highest BCUT2D eigenvalue weighted by atomic mass is 32.1. The molecule has 0 fully saturated rings. The van der Waals surface area contributed by atoms with Crippen molar-refractivity contribution in [1.29, 1.82) is 0 Å². The molecule has 8 heteroatoms. The van der Waals surface area contributed by atoms with Crippen LogP contribution in [0.5, 0.6) is 11.5 Å². The van der Waals surface area contributed by atoms with Crippen LogP contribution < -0.4 is 10.7 Å². The van der Waals surface area contributed by atoms with E-state index in [0.717, 1.165) is 86.2 Å². The lowest BCUT2D eigenvalue weighted by atomic mass is 9.99.